The van der Waals surface area contributed by atoms with Crippen molar-refractivity contribution in [3.05, 3.63) is 29.5 Å². The van der Waals surface area contributed by atoms with E-state index in [1.807, 2.05) is 30.6 Å². The molecule has 1 amide bonds. The molecule has 0 radical (unpaired) electrons. The lowest BCUT2D eigenvalue weighted by Gasteiger charge is -2.14. The first-order valence-corrected chi connectivity index (χ1v) is 6.37. The zero-order valence-electron chi connectivity index (χ0n) is 10.3. The Bertz CT molecular complexity index is 507. The fraction of sp³-hybridized carbons (Fsp3) is 0.364. The van der Waals surface area contributed by atoms with Gasteiger partial charge in [-0.15, -0.1) is 11.3 Å². The second-order valence-corrected chi connectivity index (χ2v) is 4.97. The van der Waals surface area contributed by atoms with Crippen LogP contribution >= 0.6 is 11.3 Å². The third-order valence-corrected chi connectivity index (χ3v) is 2.99. The van der Waals surface area contributed by atoms with Gasteiger partial charge in [-0.3, -0.25) is 14.4 Å². The third-order valence-electron chi connectivity index (χ3n) is 2.30. The normalized spacial score (nSPS) is 10.8. The summed E-state index contributed by atoms with van der Waals surface area (Å²) >= 11 is 1.41. The van der Waals surface area contributed by atoms with Crippen LogP contribution in [0.4, 0.5) is 5.13 Å². The van der Waals surface area contributed by atoms with Crippen molar-refractivity contribution in [3.8, 4) is 0 Å². The minimum atomic E-state index is -0.0589. The van der Waals surface area contributed by atoms with Crippen LogP contribution in [0.15, 0.2) is 24.0 Å². The van der Waals surface area contributed by atoms with Gasteiger partial charge in [-0.1, -0.05) is 0 Å². The summed E-state index contributed by atoms with van der Waals surface area (Å²) in [6.07, 6.45) is 5.41. The van der Waals surface area contributed by atoms with Gasteiger partial charge in [-0.25, -0.2) is 4.98 Å². The molecule has 2 aromatic heterocycles. The van der Waals surface area contributed by atoms with E-state index in [9.17, 15) is 4.79 Å². The Morgan fingerprint density at radius 2 is 2.44 bits per heavy atom. The SMILES string of the molecule is CN(CC(=O)Nc1nccs1)Cc1cnn(C)c1. The van der Waals surface area contributed by atoms with Gasteiger partial charge in [0.25, 0.3) is 0 Å². The number of likely N-dealkylation sites (N-methyl/N-ethyl adjacent to an activating group) is 1. The topological polar surface area (TPSA) is 63.1 Å². The zero-order valence-corrected chi connectivity index (χ0v) is 11.1. The summed E-state index contributed by atoms with van der Waals surface area (Å²) in [5, 5.41) is 9.30. The van der Waals surface area contributed by atoms with Gasteiger partial charge in [0, 0.05) is 36.9 Å². The van der Waals surface area contributed by atoms with E-state index in [1.165, 1.54) is 11.3 Å². The first-order valence-electron chi connectivity index (χ1n) is 5.49. The van der Waals surface area contributed by atoms with Crippen LogP contribution in [0.1, 0.15) is 5.56 Å². The maximum absolute atomic E-state index is 11.7. The number of carbonyl (C=O) groups excluding carboxylic acids is 1. The Hall–Kier alpha value is -1.73. The Morgan fingerprint density at radius 1 is 1.61 bits per heavy atom. The van der Waals surface area contributed by atoms with Crippen LogP contribution in [0.25, 0.3) is 0 Å². The number of rotatable bonds is 5. The molecule has 0 saturated carbocycles. The molecule has 0 saturated heterocycles. The molecular formula is C11H15N5OS. The molecule has 2 heterocycles. The van der Waals surface area contributed by atoms with Crippen LogP contribution < -0.4 is 5.32 Å². The van der Waals surface area contributed by atoms with Crippen molar-refractivity contribution in [1.82, 2.24) is 19.7 Å². The highest BCUT2D eigenvalue weighted by molar-refractivity contribution is 7.13. The first kappa shape index (κ1) is 12.7. The van der Waals surface area contributed by atoms with Crippen LogP contribution in [0.3, 0.4) is 0 Å². The molecule has 2 rings (SSSR count). The van der Waals surface area contributed by atoms with Gasteiger partial charge < -0.3 is 5.32 Å². The average Bonchev–Trinajstić information content (AvgIpc) is 2.90. The Balaban J connectivity index is 1.80. The lowest BCUT2D eigenvalue weighted by molar-refractivity contribution is -0.117. The molecule has 0 aliphatic carbocycles. The monoisotopic (exact) mass is 265 g/mol. The molecule has 2 aromatic rings. The number of anilines is 1. The van der Waals surface area contributed by atoms with Crippen LogP contribution in [-0.4, -0.2) is 39.2 Å². The first-order chi connectivity index (χ1) is 8.63. The van der Waals surface area contributed by atoms with Gasteiger partial charge in [-0.2, -0.15) is 5.10 Å². The molecule has 0 fully saturated rings. The predicted octanol–water partition coefficient (Wildman–Crippen LogP) is 0.947. The summed E-state index contributed by atoms with van der Waals surface area (Å²) in [7, 11) is 3.77. The molecule has 0 spiro atoms. The highest BCUT2D eigenvalue weighted by Crippen LogP contribution is 2.10. The van der Waals surface area contributed by atoms with Crippen molar-refractivity contribution >= 4 is 22.4 Å². The van der Waals surface area contributed by atoms with E-state index in [4.69, 9.17) is 0 Å². The summed E-state index contributed by atoms with van der Waals surface area (Å²) in [6.45, 7) is 1.02. The maximum Gasteiger partial charge on any atom is 0.240 e. The molecule has 7 heteroatoms. The number of aryl methyl sites for hydroxylation is 1. The summed E-state index contributed by atoms with van der Waals surface area (Å²) in [5.41, 5.74) is 1.09. The van der Waals surface area contributed by atoms with Crippen molar-refractivity contribution in [3.63, 3.8) is 0 Å². The van der Waals surface area contributed by atoms with E-state index in [0.717, 1.165) is 5.56 Å². The molecule has 18 heavy (non-hydrogen) atoms. The molecular weight excluding hydrogens is 250 g/mol. The number of nitrogens with zero attached hydrogens (tertiary/aromatic N) is 4. The van der Waals surface area contributed by atoms with Crippen molar-refractivity contribution in [2.45, 2.75) is 6.54 Å². The molecule has 0 unspecified atom stereocenters. The molecule has 0 aliphatic heterocycles. The van der Waals surface area contributed by atoms with Gasteiger partial charge in [0.1, 0.15) is 0 Å². The number of hydrogen-bond donors (Lipinski definition) is 1. The second-order valence-electron chi connectivity index (χ2n) is 4.08. The minimum Gasteiger partial charge on any atom is -0.301 e. The summed E-state index contributed by atoms with van der Waals surface area (Å²) < 4.78 is 1.75. The van der Waals surface area contributed by atoms with Gasteiger partial charge >= 0.3 is 0 Å². The van der Waals surface area contributed by atoms with E-state index in [-0.39, 0.29) is 5.91 Å². The molecule has 0 bridgehead atoms. The number of carbonyl (C=O) groups is 1. The van der Waals surface area contributed by atoms with Crippen molar-refractivity contribution in [2.24, 2.45) is 7.05 Å². The maximum atomic E-state index is 11.7. The molecule has 6 nitrogen and oxygen atoms in total. The smallest absolute Gasteiger partial charge is 0.240 e. The number of nitrogens with one attached hydrogen (secondary N) is 1. The van der Waals surface area contributed by atoms with Gasteiger partial charge in [0.05, 0.1) is 12.7 Å². The van der Waals surface area contributed by atoms with Crippen molar-refractivity contribution in [2.75, 3.05) is 18.9 Å². The standard InChI is InChI=1S/C11H15N5OS/c1-15(6-9-5-13-16(2)7-9)8-10(17)14-11-12-3-4-18-11/h3-5,7H,6,8H2,1-2H3,(H,12,14,17). The van der Waals surface area contributed by atoms with Crippen LogP contribution in [0.5, 0.6) is 0 Å². The Labute approximate surface area is 109 Å². The third kappa shape index (κ3) is 3.64. The lowest BCUT2D eigenvalue weighted by Crippen LogP contribution is -2.29. The van der Waals surface area contributed by atoms with Crippen molar-refractivity contribution in [1.29, 1.82) is 0 Å². The Kier molecular flexibility index (Phi) is 4.06. The molecule has 1 N–H and O–H groups in total. The largest absolute Gasteiger partial charge is 0.301 e. The fourth-order valence-corrected chi connectivity index (χ4v) is 2.16. The fourth-order valence-electron chi connectivity index (χ4n) is 1.61. The average molecular weight is 265 g/mol. The molecule has 0 atom stereocenters. The number of amides is 1. The van der Waals surface area contributed by atoms with Crippen LogP contribution in [-0.2, 0) is 18.4 Å². The van der Waals surface area contributed by atoms with E-state index in [1.54, 1.807) is 17.1 Å². The van der Waals surface area contributed by atoms with Gasteiger partial charge in [0.2, 0.25) is 5.91 Å². The summed E-state index contributed by atoms with van der Waals surface area (Å²) in [5.74, 6) is -0.0589. The highest BCUT2D eigenvalue weighted by atomic mass is 32.1. The number of thiazole rings is 1. The summed E-state index contributed by atoms with van der Waals surface area (Å²) in [6, 6.07) is 0. The quantitative estimate of drug-likeness (QED) is 0.874. The molecule has 0 aromatic carbocycles. The van der Waals surface area contributed by atoms with E-state index >= 15 is 0 Å². The van der Waals surface area contributed by atoms with Gasteiger partial charge in [-0.05, 0) is 7.05 Å². The number of hydrogen-bond acceptors (Lipinski definition) is 5. The van der Waals surface area contributed by atoms with E-state index < -0.39 is 0 Å². The zero-order chi connectivity index (χ0) is 13.0. The van der Waals surface area contributed by atoms with E-state index in [2.05, 4.69) is 15.4 Å². The van der Waals surface area contributed by atoms with Gasteiger partial charge in [0.15, 0.2) is 5.13 Å². The summed E-state index contributed by atoms with van der Waals surface area (Å²) in [4.78, 5) is 17.6. The molecule has 96 valence electrons. The molecule has 0 aliphatic rings. The Morgan fingerprint density at radius 3 is 3.06 bits per heavy atom. The predicted molar refractivity (Wildman–Crippen MR) is 70.3 cm³/mol. The highest BCUT2D eigenvalue weighted by Gasteiger charge is 2.09. The minimum absolute atomic E-state index is 0.0589. The van der Waals surface area contributed by atoms with Crippen molar-refractivity contribution < 1.29 is 4.79 Å². The van der Waals surface area contributed by atoms with E-state index in [0.29, 0.717) is 18.2 Å². The van der Waals surface area contributed by atoms with Crippen LogP contribution in [0.2, 0.25) is 0 Å². The second kappa shape index (κ2) is 5.74. The lowest BCUT2D eigenvalue weighted by atomic mass is 10.3. The number of aromatic nitrogens is 3. The van der Waals surface area contributed by atoms with Crippen LogP contribution in [0, 0.1) is 0 Å².